The van der Waals surface area contributed by atoms with Gasteiger partial charge in [-0.3, -0.25) is 14.9 Å². The van der Waals surface area contributed by atoms with Gasteiger partial charge in [0.05, 0.1) is 18.1 Å². The van der Waals surface area contributed by atoms with Crippen LogP contribution in [0.3, 0.4) is 0 Å². The number of amides is 1. The lowest BCUT2D eigenvalue weighted by molar-refractivity contribution is -0.384. The molecule has 0 bridgehead atoms. The fourth-order valence-electron chi connectivity index (χ4n) is 3.67. The molecule has 3 rings (SSSR count). The van der Waals surface area contributed by atoms with E-state index in [0.717, 1.165) is 12.2 Å². The zero-order valence-electron chi connectivity index (χ0n) is 17.6. The van der Waals surface area contributed by atoms with E-state index >= 15 is 0 Å². The molecule has 30 heavy (non-hydrogen) atoms. The number of hydrogen-bond acceptors (Lipinski definition) is 6. The third kappa shape index (κ3) is 4.88. The molecule has 1 aliphatic heterocycles. The lowest BCUT2D eigenvalue weighted by atomic mass is 10.1. The number of nitrogens with zero attached hydrogens (tertiary/aromatic N) is 3. The number of carbonyl (C=O) groups excluding carboxylic acids is 1. The number of rotatable bonds is 7. The van der Waals surface area contributed by atoms with Crippen LogP contribution >= 0.6 is 0 Å². The summed E-state index contributed by atoms with van der Waals surface area (Å²) in [5.41, 5.74) is 2.41. The molecule has 0 aromatic heterocycles. The van der Waals surface area contributed by atoms with E-state index in [1.807, 2.05) is 29.2 Å². The number of anilines is 3. The molecule has 0 aliphatic carbocycles. The molecular weight excluding hydrogens is 384 g/mol. The second kappa shape index (κ2) is 9.58. The maximum Gasteiger partial charge on any atom is 0.293 e. The molecule has 1 N–H and O–H groups in total. The van der Waals surface area contributed by atoms with Crippen molar-refractivity contribution in [1.82, 2.24) is 0 Å². The van der Waals surface area contributed by atoms with Crippen molar-refractivity contribution in [2.45, 2.75) is 26.8 Å². The van der Waals surface area contributed by atoms with Gasteiger partial charge in [0.15, 0.2) is 0 Å². The Morgan fingerprint density at radius 3 is 2.43 bits per heavy atom. The van der Waals surface area contributed by atoms with Crippen LogP contribution < -0.4 is 15.1 Å². The van der Waals surface area contributed by atoms with Gasteiger partial charge in [0.1, 0.15) is 5.69 Å². The quantitative estimate of drug-likeness (QED) is 0.548. The number of nitrogens with one attached hydrogen (secondary N) is 1. The predicted octanol–water partition coefficient (Wildman–Crippen LogP) is 3.92. The smallest absolute Gasteiger partial charge is 0.293 e. The van der Waals surface area contributed by atoms with Gasteiger partial charge in [0, 0.05) is 48.7 Å². The summed E-state index contributed by atoms with van der Waals surface area (Å²) in [4.78, 5) is 28.0. The van der Waals surface area contributed by atoms with Gasteiger partial charge < -0.3 is 19.9 Å². The first-order valence-electron chi connectivity index (χ1n) is 10.2. The van der Waals surface area contributed by atoms with E-state index in [1.165, 1.54) is 6.07 Å². The molecule has 0 spiro atoms. The first kappa shape index (κ1) is 21.6. The van der Waals surface area contributed by atoms with Gasteiger partial charge in [-0.2, -0.15) is 0 Å². The first-order valence-corrected chi connectivity index (χ1v) is 10.2. The molecule has 2 aromatic rings. The Labute approximate surface area is 176 Å². The van der Waals surface area contributed by atoms with E-state index < -0.39 is 4.92 Å². The van der Waals surface area contributed by atoms with Crippen molar-refractivity contribution in [1.29, 1.82) is 0 Å². The summed E-state index contributed by atoms with van der Waals surface area (Å²) >= 11 is 0. The fraction of sp³-hybridized carbons (Fsp3) is 0.409. The summed E-state index contributed by atoms with van der Waals surface area (Å²) in [5.74, 6) is -0.379. The highest BCUT2D eigenvalue weighted by molar-refractivity contribution is 6.05. The number of nitro benzene ring substituents is 1. The summed E-state index contributed by atoms with van der Waals surface area (Å²) in [6.07, 6.45) is 0. The molecular formula is C22H28N4O4. The molecule has 1 aliphatic rings. The minimum atomic E-state index is -0.443. The van der Waals surface area contributed by atoms with E-state index in [4.69, 9.17) is 4.74 Å². The van der Waals surface area contributed by atoms with E-state index in [0.29, 0.717) is 43.7 Å². The molecule has 1 heterocycles. The van der Waals surface area contributed by atoms with E-state index in [2.05, 4.69) is 31.0 Å². The Morgan fingerprint density at radius 1 is 1.20 bits per heavy atom. The summed E-state index contributed by atoms with van der Waals surface area (Å²) < 4.78 is 5.31. The molecule has 1 fully saturated rings. The zero-order valence-corrected chi connectivity index (χ0v) is 17.6. The summed E-state index contributed by atoms with van der Waals surface area (Å²) in [6.45, 7) is 9.49. The Balaban J connectivity index is 1.76. The van der Waals surface area contributed by atoms with Gasteiger partial charge >= 0.3 is 0 Å². The Kier molecular flexibility index (Phi) is 6.89. The normalized spacial score (nSPS) is 13.9. The molecule has 1 amide bonds. The Morgan fingerprint density at radius 2 is 1.87 bits per heavy atom. The summed E-state index contributed by atoms with van der Waals surface area (Å²) in [5, 5.41) is 14.4. The highest BCUT2D eigenvalue weighted by Crippen LogP contribution is 2.30. The van der Waals surface area contributed by atoms with Crippen LogP contribution in [0.2, 0.25) is 0 Å². The molecule has 0 unspecified atom stereocenters. The molecule has 8 nitrogen and oxygen atoms in total. The molecule has 2 aromatic carbocycles. The first-order chi connectivity index (χ1) is 14.4. The maximum atomic E-state index is 12.7. The average Bonchev–Trinajstić information content (AvgIpc) is 2.75. The van der Waals surface area contributed by atoms with Gasteiger partial charge in [0.25, 0.3) is 11.6 Å². The minimum absolute atomic E-state index is 0.0737. The summed E-state index contributed by atoms with van der Waals surface area (Å²) in [7, 11) is 0. The van der Waals surface area contributed by atoms with Crippen molar-refractivity contribution in [3.8, 4) is 0 Å². The van der Waals surface area contributed by atoms with E-state index in [-0.39, 0.29) is 17.2 Å². The van der Waals surface area contributed by atoms with Crippen LogP contribution in [0.5, 0.6) is 0 Å². The third-order valence-corrected chi connectivity index (χ3v) is 5.21. The number of nitro groups is 1. The average molecular weight is 412 g/mol. The molecule has 160 valence electrons. The fourth-order valence-corrected chi connectivity index (χ4v) is 3.67. The molecule has 0 radical (unpaired) electrons. The van der Waals surface area contributed by atoms with Gasteiger partial charge in [-0.15, -0.1) is 0 Å². The van der Waals surface area contributed by atoms with Crippen molar-refractivity contribution in [3.05, 3.63) is 58.1 Å². The Bertz CT molecular complexity index is 893. The van der Waals surface area contributed by atoms with Gasteiger partial charge in [0.2, 0.25) is 0 Å². The predicted molar refractivity (Wildman–Crippen MR) is 119 cm³/mol. The second-order valence-corrected chi connectivity index (χ2v) is 7.44. The van der Waals surface area contributed by atoms with Crippen LogP contribution in [0.25, 0.3) is 0 Å². The lowest BCUT2D eigenvalue weighted by Gasteiger charge is -2.28. The van der Waals surface area contributed by atoms with Crippen molar-refractivity contribution < 1.29 is 14.5 Å². The monoisotopic (exact) mass is 412 g/mol. The maximum absolute atomic E-state index is 12.7. The van der Waals surface area contributed by atoms with E-state index in [1.54, 1.807) is 12.1 Å². The number of hydrogen-bond donors (Lipinski definition) is 1. The number of morpholine rings is 1. The van der Waals surface area contributed by atoms with Crippen LogP contribution in [0, 0.1) is 10.1 Å². The van der Waals surface area contributed by atoms with Crippen LogP contribution in [0.1, 0.15) is 31.1 Å². The SMILES string of the molecule is CCN(c1ccc(NC(=O)c2ccc(N3CCOCC3)c([N+](=O)[O-])c2)cc1)C(C)C. The van der Waals surface area contributed by atoms with Crippen molar-refractivity contribution in [2.75, 3.05) is 48.0 Å². The van der Waals surface area contributed by atoms with Crippen LogP contribution in [-0.2, 0) is 4.74 Å². The van der Waals surface area contributed by atoms with Gasteiger partial charge in [-0.25, -0.2) is 0 Å². The topological polar surface area (TPSA) is 88.0 Å². The molecule has 0 saturated carbocycles. The molecule has 0 atom stereocenters. The number of benzene rings is 2. The minimum Gasteiger partial charge on any atom is -0.378 e. The molecule has 8 heteroatoms. The van der Waals surface area contributed by atoms with Gasteiger partial charge in [-0.05, 0) is 57.2 Å². The number of ether oxygens (including phenoxy) is 1. The van der Waals surface area contributed by atoms with Crippen molar-refractivity contribution in [3.63, 3.8) is 0 Å². The zero-order chi connectivity index (χ0) is 21.7. The highest BCUT2D eigenvalue weighted by Gasteiger charge is 2.23. The van der Waals surface area contributed by atoms with Crippen molar-refractivity contribution in [2.24, 2.45) is 0 Å². The molecule has 1 saturated heterocycles. The van der Waals surface area contributed by atoms with Crippen molar-refractivity contribution >= 4 is 28.7 Å². The second-order valence-electron chi connectivity index (χ2n) is 7.44. The number of carbonyl (C=O) groups is 1. The standard InChI is InChI=1S/C22H28N4O4/c1-4-25(16(2)3)19-8-6-18(7-9-19)23-22(27)17-5-10-20(21(15-17)26(28)29)24-11-13-30-14-12-24/h5-10,15-16H,4,11-14H2,1-3H3,(H,23,27). The van der Waals surface area contributed by atoms with E-state index in [9.17, 15) is 14.9 Å². The Hall–Kier alpha value is -3.13. The summed E-state index contributed by atoms with van der Waals surface area (Å²) in [6, 6.07) is 12.6. The van der Waals surface area contributed by atoms with Gasteiger partial charge in [-0.1, -0.05) is 0 Å². The van der Waals surface area contributed by atoms with Crippen LogP contribution in [0.15, 0.2) is 42.5 Å². The van der Waals surface area contributed by atoms with Crippen LogP contribution in [-0.4, -0.2) is 49.7 Å². The van der Waals surface area contributed by atoms with Crippen LogP contribution in [0.4, 0.5) is 22.7 Å². The highest BCUT2D eigenvalue weighted by atomic mass is 16.6. The third-order valence-electron chi connectivity index (χ3n) is 5.21. The largest absolute Gasteiger partial charge is 0.378 e. The lowest BCUT2D eigenvalue weighted by Crippen LogP contribution is -2.36.